The van der Waals surface area contributed by atoms with Gasteiger partial charge in [0, 0.05) is 28.4 Å². The van der Waals surface area contributed by atoms with Gasteiger partial charge in [-0.1, -0.05) is 44.5 Å². The summed E-state index contributed by atoms with van der Waals surface area (Å²) in [6.45, 7) is 7.69. The molecule has 2 amide bonds. The molecule has 0 radical (unpaired) electrons. The van der Waals surface area contributed by atoms with Crippen LogP contribution in [0.5, 0.6) is 11.5 Å². The van der Waals surface area contributed by atoms with Crippen molar-refractivity contribution in [2.24, 2.45) is 5.41 Å². The van der Waals surface area contributed by atoms with Crippen LogP contribution < -0.4 is 19.7 Å². The van der Waals surface area contributed by atoms with Crippen LogP contribution in [0.1, 0.15) is 51.3 Å². The van der Waals surface area contributed by atoms with Gasteiger partial charge in [0.2, 0.25) is 5.91 Å². The number of carbonyl (C=O) groups is 3. The van der Waals surface area contributed by atoms with Crippen LogP contribution >= 0.6 is 11.6 Å². The first-order chi connectivity index (χ1) is 17.4. The summed E-state index contributed by atoms with van der Waals surface area (Å²) in [5, 5.41) is 12.0. The Labute approximate surface area is 221 Å². The molecule has 0 fully saturated rings. The zero-order chi connectivity index (χ0) is 27.5. The highest BCUT2D eigenvalue weighted by atomic mass is 35.5. The first-order valence-corrected chi connectivity index (χ1v) is 12.2. The molecule has 0 unspecified atom stereocenters. The Hall–Kier alpha value is -3.30. The van der Waals surface area contributed by atoms with E-state index in [-0.39, 0.29) is 11.8 Å². The normalized spacial score (nSPS) is 18.5. The number of fused-ring (bicyclic) bond motifs is 1. The number of carboxylic acid groups (broad SMARTS) is 1. The Balaban J connectivity index is 2.18. The van der Waals surface area contributed by atoms with E-state index in [4.69, 9.17) is 25.8 Å². The number of benzene rings is 2. The van der Waals surface area contributed by atoms with Crippen molar-refractivity contribution in [2.75, 3.05) is 25.7 Å². The number of nitrogens with one attached hydrogen (secondary N) is 1. The number of methoxy groups -OCH3 is 2. The van der Waals surface area contributed by atoms with Crippen LogP contribution in [0.25, 0.3) is 0 Å². The van der Waals surface area contributed by atoms with Crippen LogP contribution in [-0.2, 0) is 19.1 Å². The number of amides is 2. The number of para-hydroxylation sites is 1. The van der Waals surface area contributed by atoms with Gasteiger partial charge in [-0.05, 0) is 36.6 Å². The van der Waals surface area contributed by atoms with Crippen molar-refractivity contribution in [3.63, 3.8) is 0 Å². The lowest BCUT2D eigenvalue weighted by Crippen LogP contribution is -2.46. The number of halogens is 1. The SMILES string of the molecule is COc1cccc([C@H]2O[C@H](CC(=O)N[C@H](C)C(=O)O)C(=O)N(CC(C)(C)C)c3ccc(Cl)cc32)c1OC. The summed E-state index contributed by atoms with van der Waals surface area (Å²) in [5.74, 6) is -1.33. The number of hydrogen-bond donors (Lipinski definition) is 2. The molecule has 1 aliphatic heterocycles. The fourth-order valence-corrected chi connectivity index (χ4v) is 4.41. The van der Waals surface area contributed by atoms with Crippen molar-refractivity contribution in [3.8, 4) is 11.5 Å². The van der Waals surface area contributed by atoms with E-state index in [0.29, 0.717) is 39.9 Å². The van der Waals surface area contributed by atoms with Gasteiger partial charge in [-0.3, -0.25) is 14.4 Å². The van der Waals surface area contributed by atoms with Gasteiger partial charge in [-0.25, -0.2) is 0 Å². The van der Waals surface area contributed by atoms with Crippen LogP contribution in [-0.4, -0.2) is 55.8 Å². The van der Waals surface area contributed by atoms with Crippen LogP contribution in [0.15, 0.2) is 36.4 Å². The lowest BCUT2D eigenvalue weighted by atomic mass is 9.94. The zero-order valence-electron chi connectivity index (χ0n) is 21.8. The molecule has 0 saturated heterocycles. The molecule has 37 heavy (non-hydrogen) atoms. The fraction of sp³-hybridized carbons (Fsp3) is 0.444. The van der Waals surface area contributed by atoms with Crippen molar-refractivity contribution >= 4 is 35.1 Å². The summed E-state index contributed by atoms with van der Waals surface area (Å²) < 4.78 is 17.5. The topological polar surface area (TPSA) is 114 Å². The van der Waals surface area contributed by atoms with Gasteiger partial charge in [0.1, 0.15) is 18.2 Å². The van der Waals surface area contributed by atoms with E-state index >= 15 is 0 Å². The summed E-state index contributed by atoms with van der Waals surface area (Å²) in [6, 6.07) is 9.39. The Kier molecular flexibility index (Phi) is 8.71. The lowest BCUT2D eigenvalue weighted by molar-refractivity contribution is -0.143. The standard InChI is InChI=1S/C27H33ClN2O7/c1-15(26(33)34)29-22(31)13-21-25(32)30(14-27(2,3)4)19-11-10-16(28)12-18(19)23(37-21)17-8-7-9-20(35-5)24(17)36-6/h7-12,15,21,23H,13-14H2,1-6H3,(H,29,31)(H,33,34)/t15-,21-,23-/m1/s1. The number of hydrogen-bond acceptors (Lipinski definition) is 6. The number of nitrogens with zero attached hydrogens (tertiary/aromatic N) is 1. The van der Waals surface area contributed by atoms with Crippen LogP contribution in [0, 0.1) is 5.41 Å². The third kappa shape index (κ3) is 6.53. The quantitative estimate of drug-likeness (QED) is 0.523. The minimum absolute atomic E-state index is 0.287. The molecular formula is C27H33ClN2O7. The van der Waals surface area contributed by atoms with Gasteiger partial charge < -0.3 is 29.5 Å². The molecule has 1 heterocycles. The first-order valence-electron chi connectivity index (χ1n) is 11.9. The predicted octanol–water partition coefficient (Wildman–Crippen LogP) is 4.20. The molecule has 10 heteroatoms. The van der Waals surface area contributed by atoms with E-state index < -0.39 is 36.0 Å². The number of rotatable bonds is 8. The molecule has 200 valence electrons. The summed E-state index contributed by atoms with van der Waals surface area (Å²) in [7, 11) is 3.03. The molecule has 2 aromatic rings. The van der Waals surface area contributed by atoms with E-state index in [9.17, 15) is 19.5 Å². The average Bonchev–Trinajstić information content (AvgIpc) is 2.92. The lowest BCUT2D eigenvalue weighted by Gasteiger charge is -2.31. The number of aliphatic carboxylic acids is 1. The van der Waals surface area contributed by atoms with Gasteiger partial charge in [0.05, 0.1) is 20.6 Å². The van der Waals surface area contributed by atoms with Crippen LogP contribution in [0.3, 0.4) is 0 Å². The monoisotopic (exact) mass is 532 g/mol. The van der Waals surface area contributed by atoms with Gasteiger partial charge in [0.15, 0.2) is 11.5 Å². The minimum Gasteiger partial charge on any atom is -0.493 e. The maximum Gasteiger partial charge on any atom is 0.325 e. The fourth-order valence-electron chi connectivity index (χ4n) is 4.23. The summed E-state index contributed by atoms with van der Waals surface area (Å²) in [4.78, 5) is 39.5. The molecule has 1 aliphatic rings. The number of carbonyl (C=O) groups excluding carboxylic acids is 2. The minimum atomic E-state index is -1.21. The average molecular weight is 533 g/mol. The Morgan fingerprint density at radius 1 is 1.16 bits per heavy atom. The smallest absolute Gasteiger partial charge is 0.325 e. The highest BCUT2D eigenvalue weighted by Gasteiger charge is 2.40. The molecule has 0 bridgehead atoms. The number of ether oxygens (including phenoxy) is 3. The maximum absolute atomic E-state index is 13.9. The van der Waals surface area contributed by atoms with E-state index in [1.807, 2.05) is 20.8 Å². The van der Waals surface area contributed by atoms with Crippen molar-refractivity contribution in [3.05, 3.63) is 52.5 Å². The van der Waals surface area contributed by atoms with Crippen LogP contribution in [0.2, 0.25) is 5.02 Å². The highest BCUT2D eigenvalue weighted by Crippen LogP contribution is 2.45. The van der Waals surface area contributed by atoms with E-state index in [2.05, 4.69) is 5.32 Å². The highest BCUT2D eigenvalue weighted by molar-refractivity contribution is 6.30. The summed E-state index contributed by atoms with van der Waals surface area (Å²) >= 11 is 6.41. The molecule has 3 rings (SSSR count). The molecule has 0 spiro atoms. The second kappa shape index (κ2) is 11.4. The summed E-state index contributed by atoms with van der Waals surface area (Å²) in [6.07, 6.45) is -2.43. The second-order valence-electron chi connectivity index (χ2n) is 10.1. The molecule has 2 N–H and O–H groups in total. The Morgan fingerprint density at radius 3 is 2.46 bits per heavy atom. The second-order valence-corrected chi connectivity index (χ2v) is 10.5. The Morgan fingerprint density at radius 2 is 1.86 bits per heavy atom. The van der Waals surface area contributed by atoms with E-state index in [1.54, 1.807) is 41.3 Å². The van der Waals surface area contributed by atoms with Gasteiger partial charge in [-0.2, -0.15) is 0 Å². The first kappa shape index (κ1) is 28.3. The van der Waals surface area contributed by atoms with E-state index in [1.165, 1.54) is 21.1 Å². The maximum atomic E-state index is 13.9. The predicted molar refractivity (Wildman–Crippen MR) is 139 cm³/mol. The van der Waals surface area contributed by atoms with Crippen LogP contribution in [0.4, 0.5) is 5.69 Å². The van der Waals surface area contributed by atoms with Crippen molar-refractivity contribution < 1.29 is 33.7 Å². The molecule has 0 aliphatic carbocycles. The third-order valence-electron chi connectivity index (χ3n) is 5.87. The number of anilines is 1. The third-order valence-corrected chi connectivity index (χ3v) is 6.11. The van der Waals surface area contributed by atoms with Gasteiger partial charge in [0.25, 0.3) is 5.91 Å². The zero-order valence-corrected chi connectivity index (χ0v) is 22.6. The Bertz CT molecular complexity index is 1180. The van der Waals surface area contributed by atoms with Gasteiger partial charge >= 0.3 is 5.97 Å². The van der Waals surface area contributed by atoms with E-state index in [0.717, 1.165) is 0 Å². The molecule has 3 atom stereocenters. The number of carboxylic acids is 1. The molecule has 0 saturated carbocycles. The van der Waals surface area contributed by atoms with Crippen molar-refractivity contribution in [1.82, 2.24) is 5.32 Å². The van der Waals surface area contributed by atoms with Crippen molar-refractivity contribution in [2.45, 2.75) is 52.4 Å². The molecular weight excluding hydrogens is 500 g/mol. The molecule has 2 aromatic carbocycles. The molecule has 0 aromatic heterocycles. The summed E-state index contributed by atoms with van der Waals surface area (Å²) in [5.41, 5.74) is 1.52. The van der Waals surface area contributed by atoms with Crippen molar-refractivity contribution in [1.29, 1.82) is 0 Å². The largest absolute Gasteiger partial charge is 0.493 e. The van der Waals surface area contributed by atoms with Gasteiger partial charge in [-0.15, -0.1) is 0 Å². The molecule has 9 nitrogen and oxygen atoms in total.